The first-order valence-corrected chi connectivity index (χ1v) is 11.2. The molecule has 0 aliphatic rings. The van der Waals surface area contributed by atoms with Crippen molar-refractivity contribution in [3.8, 4) is 22.4 Å². The number of anilines is 1. The first kappa shape index (κ1) is 22.4. The van der Waals surface area contributed by atoms with E-state index < -0.39 is 0 Å². The van der Waals surface area contributed by atoms with E-state index in [1.54, 1.807) is 18.9 Å². The van der Waals surface area contributed by atoms with Gasteiger partial charge in [-0.2, -0.15) is 0 Å². The maximum absolute atomic E-state index is 12.3. The standard InChI is InChI=1S/C26H24Cl2N2O2/c1-15(2)13-23-25(30(4)16(3)31)21-14-20(17-9-11-18(27)12-10-17)24(29-26(21)32-23)19-7-5-6-8-22(19)28/h5-12,14-15H,13H2,1-4H3. The Morgan fingerprint density at radius 2 is 1.75 bits per heavy atom. The second-order valence-corrected chi connectivity index (χ2v) is 9.12. The number of nitrogens with zero attached hydrogens (tertiary/aromatic N) is 2. The quantitative estimate of drug-likeness (QED) is 0.303. The molecule has 0 N–H and O–H groups in total. The summed E-state index contributed by atoms with van der Waals surface area (Å²) in [4.78, 5) is 18.8. The average molecular weight is 467 g/mol. The number of amides is 1. The van der Waals surface area contributed by atoms with Crippen LogP contribution in [-0.2, 0) is 11.2 Å². The molecule has 2 aromatic heterocycles. The minimum absolute atomic E-state index is 0.0686. The van der Waals surface area contributed by atoms with Crippen molar-refractivity contribution in [3.05, 3.63) is 70.4 Å². The molecule has 6 heteroatoms. The summed E-state index contributed by atoms with van der Waals surface area (Å²) in [5.74, 6) is 1.04. The maximum Gasteiger partial charge on any atom is 0.229 e. The molecule has 164 valence electrons. The van der Waals surface area contributed by atoms with E-state index >= 15 is 0 Å². The highest BCUT2D eigenvalue weighted by Gasteiger charge is 2.24. The molecule has 0 bridgehead atoms. The maximum atomic E-state index is 12.3. The van der Waals surface area contributed by atoms with E-state index in [-0.39, 0.29) is 5.91 Å². The fourth-order valence-electron chi connectivity index (χ4n) is 3.80. The van der Waals surface area contributed by atoms with Gasteiger partial charge in [-0.05, 0) is 35.7 Å². The van der Waals surface area contributed by atoms with Crippen LogP contribution in [0.5, 0.6) is 0 Å². The van der Waals surface area contributed by atoms with Gasteiger partial charge in [-0.15, -0.1) is 0 Å². The van der Waals surface area contributed by atoms with Gasteiger partial charge >= 0.3 is 0 Å². The molecule has 0 atom stereocenters. The van der Waals surface area contributed by atoms with Gasteiger partial charge in [0.05, 0.1) is 16.8 Å². The highest BCUT2D eigenvalue weighted by Crippen LogP contribution is 2.41. The molecule has 2 heterocycles. The van der Waals surface area contributed by atoms with E-state index in [9.17, 15) is 4.79 Å². The zero-order valence-electron chi connectivity index (χ0n) is 18.4. The zero-order valence-corrected chi connectivity index (χ0v) is 20.0. The lowest BCUT2D eigenvalue weighted by atomic mass is 9.97. The Balaban J connectivity index is 2.06. The van der Waals surface area contributed by atoms with Crippen molar-refractivity contribution in [2.24, 2.45) is 5.92 Å². The Hall–Kier alpha value is -2.82. The lowest BCUT2D eigenvalue weighted by molar-refractivity contribution is -0.116. The van der Waals surface area contributed by atoms with E-state index in [1.165, 1.54) is 0 Å². The lowest BCUT2D eigenvalue weighted by Crippen LogP contribution is -2.23. The van der Waals surface area contributed by atoms with E-state index in [0.717, 1.165) is 33.5 Å². The summed E-state index contributed by atoms with van der Waals surface area (Å²) >= 11 is 12.7. The molecule has 4 nitrogen and oxygen atoms in total. The van der Waals surface area contributed by atoms with Gasteiger partial charge in [0.15, 0.2) is 0 Å². The van der Waals surface area contributed by atoms with Crippen molar-refractivity contribution in [2.75, 3.05) is 11.9 Å². The van der Waals surface area contributed by atoms with Gasteiger partial charge < -0.3 is 9.32 Å². The van der Waals surface area contributed by atoms with E-state index in [0.29, 0.717) is 33.8 Å². The number of carbonyl (C=O) groups excluding carboxylic acids is 1. The van der Waals surface area contributed by atoms with Gasteiger partial charge in [0.2, 0.25) is 11.6 Å². The Labute approximate surface area is 197 Å². The predicted molar refractivity (Wildman–Crippen MR) is 133 cm³/mol. The van der Waals surface area contributed by atoms with E-state index in [4.69, 9.17) is 32.6 Å². The van der Waals surface area contributed by atoms with Crippen LogP contribution in [0.4, 0.5) is 5.69 Å². The molecule has 0 unspecified atom stereocenters. The predicted octanol–water partition coefficient (Wildman–Crippen LogP) is 7.65. The fraction of sp³-hybridized carbons (Fsp3) is 0.231. The highest BCUT2D eigenvalue weighted by atomic mass is 35.5. The molecule has 1 amide bonds. The largest absolute Gasteiger partial charge is 0.440 e. The first-order valence-electron chi connectivity index (χ1n) is 10.5. The SMILES string of the molecule is CC(=O)N(C)c1c(CC(C)C)oc2nc(-c3ccccc3Cl)c(-c3ccc(Cl)cc3)cc12. The molecular weight excluding hydrogens is 443 g/mol. The molecule has 4 rings (SSSR count). The molecule has 0 aliphatic heterocycles. The number of carbonyl (C=O) groups is 1. The van der Waals surface area contributed by atoms with Crippen LogP contribution in [0, 0.1) is 5.92 Å². The van der Waals surface area contributed by atoms with E-state index in [1.807, 2.05) is 54.6 Å². The van der Waals surface area contributed by atoms with Crippen LogP contribution < -0.4 is 4.90 Å². The number of rotatable bonds is 5. The van der Waals surface area contributed by atoms with Gasteiger partial charge in [-0.1, -0.05) is 67.4 Å². The average Bonchev–Trinajstić information content (AvgIpc) is 3.09. The van der Waals surface area contributed by atoms with Crippen molar-refractivity contribution >= 4 is 45.9 Å². The smallest absolute Gasteiger partial charge is 0.229 e. The molecule has 0 saturated heterocycles. The Kier molecular flexibility index (Phi) is 6.27. The van der Waals surface area contributed by atoms with Gasteiger partial charge in [-0.3, -0.25) is 4.79 Å². The van der Waals surface area contributed by atoms with Crippen molar-refractivity contribution in [2.45, 2.75) is 27.2 Å². The summed E-state index contributed by atoms with van der Waals surface area (Å²) in [6.45, 7) is 5.78. The highest BCUT2D eigenvalue weighted by molar-refractivity contribution is 6.33. The Morgan fingerprint density at radius 3 is 2.38 bits per heavy atom. The second kappa shape index (κ2) is 8.97. The molecule has 2 aromatic carbocycles. The number of furan rings is 1. The molecule has 0 saturated carbocycles. The summed E-state index contributed by atoms with van der Waals surface area (Å²) < 4.78 is 6.22. The third-order valence-corrected chi connectivity index (χ3v) is 5.99. The number of halogens is 2. The van der Waals surface area contributed by atoms with Gasteiger partial charge in [0.1, 0.15) is 5.76 Å². The number of hydrogen-bond acceptors (Lipinski definition) is 3. The number of hydrogen-bond donors (Lipinski definition) is 0. The summed E-state index contributed by atoms with van der Waals surface area (Å²) in [5.41, 5.74) is 4.60. The number of fused-ring (bicyclic) bond motifs is 1. The van der Waals surface area contributed by atoms with E-state index in [2.05, 4.69) is 13.8 Å². The van der Waals surface area contributed by atoms with Crippen LogP contribution in [-0.4, -0.2) is 17.9 Å². The number of aromatic nitrogens is 1. The normalized spacial score (nSPS) is 11.3. The third-order valence-electron chi connectivity index (χ3n) is 5.41. The molecule has 0 aliphatic carbocycles. The van der Waals surface area contributed by atoms with Gasteiger partial charge in [-0.25, -0.2) is 4.98 Å². The van der Waals surface area contributed by atoms with Crippen LogP contribution in [0.15, 0.2) is 59.0 Å². The number of benzene rings is 2. The molecule has 4 aromatic rings. The van der Waals surface area contributed by atoms with Crippen molar-refractivity contribution in [1.82, 2.24) is 4.98 Å². The second-order valence-electron chi connectivity index (χ2n) is 8.27. The monoisotopic (exact) mass is 466 g/mol. The minimum atomic E-state index is -0.0686. The van der Waals surface area contributed by atoms with Gasteiger partial charge in [0.25, 0.3) is 0 Å². The van der Waals surface area contributed by atoms with Crippen molar-refractivity contribution in [3.63, 3.8) is 0 Å². The third kappa shape index (κ3) is 4.25. The Bertz CT molecular complexity index is 1290. The van der Waals surface area contributed by atoms with Crippen LogP contribution in [0.25, 0.3) is 33.5 Å². The summed E-state index contributed by atoms with van der Waals surface area (Å²) in [6.07, 6.45) is 0.695. The summed E-state index contributed by atoms with van der Waals surface area (Å²) in [6, 6.07) is 17.2. The fourth-order valence-corrected chi connectivity index (χ4v) is 4.15. The molecular formula is C26H24Cl2N2O2. The van der Waals surface area contributed by atoms with Crippen LogP contribution >= 0.6 is 23.2 Å². The lowest BCUT2D eigenvalue weighted by Gasteiger charge is -2.17. The van der Waals surface area contributed by atoms with Crippen molar-refractivity contribution < 1.29 is 9.21 Å². The van der Waals surface area contributed by atoms with Crippen LogP contribution in [0.1, 0.15) is 26.5 Å². The minimum Gasteiger partial charge on any atom is -0.440 e. The van der Waals surface area contributed by atoms with Crippen LogP contribution in [0.2, 0.25) is 10.0 Å². The topological polar surface area (TPSA) is 46.3 Å². The van der Waals surface area contributed by atoms with Crippen LogP contribution in [0.3, 0.4) is 0 Å². The first-order chi connectivity index (χ1) is 15.3. The molecule has 0 radical (unpaired) electrons. The molecule has 32 heavy (non-hydrogen) atoms. The summed E-state index contributed by atoms with van der Waals surface area (Å²) in [7, 11) is 1.76. The molecule has 0 fully saturated rings. The molecule has 0 spiro atoms. The summed E-state index contributed by atoms with van der Waals surface area (Å²) in [5, 5.41) is 2.05. The number of pyridine rings is 1. The van der Waals surface area contributed by atoms with Crippen molar-refractivity contribution in [1.29, 1.82) is 0 Å². The van der Waals surface area contributed by atoms with Gasteiger partial charge in [0, 0.05) is 41.6 Å². The zero-order chi connectivity index (χ0) is 23.0. The Morgan fingerprint density at radius 1 is 1.06 bits per heavy atom.